The second-order valence-corrected chi connectivity index (χ2v) is 1.29. The third kappa shape index (κ3) is 78400. The van der Waals surface area contributed by atoms with Crippen LogP contribution in [0.2, 0.25) is 0 Å². The van der Waals surface area contributed by atoms with Gasteiger partial charge in [0.15, 0.2) is 5.96 Å². The van der Waals surface area contributed by atoms with E-state index in [-0.39, 0.29) is 24.3 Å². The molecule has 0 saturated heterocycles. The number of nitrogens with one attached hydrogen (secondary N) is 1. The van der Waals surface area contributed by atoms with Crippen molar-refractivity contribution >= 4 is 30.5 Å². The first-order valence-corrected chi connectivity index (χ1v) is 2.54. The number of hydrogen-bond acceptors (Lipinski definition) is 4. The van der Waals surface area contributed by atoms with Crippen molar-refractivity contribution in [1.82, 2.24) is 0 Å². The van der Waals surface area contributed by atoms with Gasteiger partial charge in [0.1, 0.15) is 0 Å². The van der Waals surface area contributed by atoms with E-state index in [1.54, 1.807) is 0 Å². The van der Waals surface area contributed by atoms with Crippen molar-refractivity contribution in [3.63, 3.8) is 0 Å². The highest BCUT2D eigenvalue weighted by atomic mass is 35.5. The molecule has 0 aromatic carbocycles. The van der Waals surface area contributed by atoms with Gasteiger partial charge in [-0.25, -0.2) is 4.79 Å². The molecule has 0 unspecified atom stereocenters. The molecule has 0 amide bonds. The highest BCUT2D eigenvalue weighted by molar-refractivity contribution is 5.85. The highest BCUT2D eigenvalue weighted by Crippen LogP contribution is 1.42. The molecule has 0 aromatic heterocycles. The van der Waals surface area contributed by atoms with E-state index in [1.807, 2.05) is 0 Å². The Hall–Kier alpha value is -2.10. The summed E-state index contributed by atoms with van der Waals surface area (Å²) in [5.41, 5.74) is 18.3. The molecular weight excluding hydrogens is 218 g/mol. The maximum Gasteiger partial charge on any atom is 0.503 e. The van der Waals surface area contributed by atoms with Gasteiger partial charge in [0.05, 0.1) is 0 Å². The highest BCUT2D eigenvalue weighted by Gasteiger charge is 1.70. The Bertz CT molecular complexity index is 159. The average molecular weight is 232 g/mol. The summed E-state index contributed by atoms with van der Waals surface area (Å²) in [6, 6.07) is 0. The van der Waals surface area contributed by atoms with Crippen molar-refractivity contribution in [2.75, 3.05) is 0 Å². The molecule has 11 heteroatoms. The van der Waals surface area contributed by atoms with Gasteiger partial charge in [-0.15, -0.1) is 17.5 Å². The van der Waals surface area contributed by atoms with Crippen LogP contribution in [-0.2, 0) is 0 Å². The van der Waals surface area contributed by atoms with E-state index in [0.29, 0.717) is 0 Å². The molecule has 0 rings (SSSR count). The second-order valence-electron chi connectivity index (χ2n) is 1.29. The van der Waals surface area contributed by atoms with Crippen molar-refractivity contribution < 1.29 is 15.0 Å². The molecule has 0 spiro atoms. The molecular formula is C3H14ClN7O3. The fraction of sp³-hybridized carbons (Fsp3) is 0. The van der Waals surface area contributed by atoms with Gasteiger partial charge in [-0.05, 0) is 0 Å². The quantitative estimate of drug-likeness (QED) is 0.0969. The summed E-state index contributed by atoms with van der Waals surface area (Å²) >= 11 is 0. The van der Waals surface area contributed by atoms with Crippen LogP contribution in [0.3, 0.4) is 0 Å². The molecule has 0 bridgehead atoms. The number of halogens is 1. The number of rotatable bonds is 0. The molecule has 0 aliphatic rings. The summed E-state index contributed by atoms with van der Waals surface area (Å²) in [4.78, 5) is 8.56. The fourth-order valence-corrected chi connectivity index (χ4v) is 0. The van der Waals surface area contributed by atoms with Gasteiger partial charge in [-0.3, -0.25) is 5.41 Å². The zero-order valence-corrected chi connectivity index (χ0v) is 7.86. The number of hydrogen-bond donors (Lipinski definition) is 8. The van der Waals surface area contributed by atoms with Crippen LogP contribution < -0.4 is 28.8 Å². The summed E-state index contributed by atoms with van der Waals surface area (Å²) in [6.07, 6.45) is -1.83. The summed E-state index contributed by atoms with van der Waals surface area (Å²) in [5.74, 6) is 4.08. The summed E-state index contributed by atoms with van der Waals surface area (Å²) in [6.45, 7) is 0. The average Bonchev–Trinajstić information content (AvgIpc) is 1.84. The van der Waals surface area contributed by atoms with E-state index in [2.05, 4.69) is 22.4 Å². The minimum atomic E-state index is -1.83. The molecule has 0 aliphatic heterocycles. The Morgan fingerprint density at radius 2 is 1.21 bits per heavy atom. The van der Waals surface area contributed by atoms with Crippen molar-refractivity contribution in [2.45, 2.75) is 0 Å². The maximum absolute atomic E-state index is 8.56. The number of carbonyl (C=O) groups is 1. The lowest BCUT2D eigenvalue weighted by atomic mass is 11.1. The lowest BCUT2D eigenvalue weighted by molar-refractivity contribution is 0.137. The van der Waals surface area contributed by atoms with Crippen molar-refractivity contribution in [3.8, 4) is 0 Å². The van der Waals surface area contributed by atoms with Gasteiger partial charge in [-0.2, -0.15) is 0 Å². The minimum absolute atomic E-state index is 0. The zero-order chi connectivity index (χ0) is 11.4. The second kappa shape index (κ2) is 17.1. The molecule has 0 fully saturated rings. The molecule has 86 valence electrons. The molecule has 0 aliphatic carbocycles. The minimum Gasteiger partial charge on any atom is -0.450 e. The number of hydrazone groups is 1. The van der Waals surface area contributed by atoms with Gasteiger partial charge >= 0.3 is 6.16 Å². The van der Waals surface area contributed by atoms with Gasteiger partial charge in [0, 0.05) is 0 Å². The normalized spacial score (nSPS) is 5.71. The fourth-order valence-electron chi connectivity index (χ4n) is 0. The van der Waals surface area contributed by atoms with Crippen LogP contribution in [0.25, 0.3) is 0 Å². The molecule has 14 heavy (non-hydrogen) atoms. The lowest BCUT2D eigenvalue weighted by Crippen LogP contribution is -2.23. The molecule has 10 nitrogen and oxygen atoms in total. The Morgan fingerprint density at radius 3 is 1.21 bits per heavy atom. The van der Waals surface area contributed by atoms with Crippen LogP contribution in [0, 0.1) is 5.41 Å². The summed E-state index contributed by atoms with van der Waals surface area (Å²) in [5, 5.41) is 22.9. The molecule has 0 saturated carbocycles. The van der Waals surface area contributed by atoms with Gasteiger partial charge in [-0.1, -0.05) is 0 Å². The van der Waals surface area contributed by atoms with Gasteiger partial charge in [0.25, 0.3) is 0 Å². The van der Waals surface area contributed by atoms with Gasteiger partial charge < -0.3 is 39.0 Å². The maximum atomic E-state index is 8.56. The van der Waals surface area contributed by atoms with Crippen LogP contribution in [0.1, 0.15) is 0 Å². The Kier molecular flexibility index (Phi) is 27.7. The van der Waals surface area contributed by atoms with Crippen LogP contribution in [-0.4, -0.2) is 28.3 Å². The summed E-state index contributed by atoms with van der Waals surface area (Å²) in [7, 11) is 0. The van der Waals surface area contributed by atoms with Gasteiger partial charge in [0.2, 0.25) is 5.96 Å². The number of carboxylic acid groups (broad SMARTS) is 2. The Labute approximate surface area is 85.6 Å². The first kappa shape index (κ1) is 22.7. The molecule has 0 atom stereocenters. The smallest absolute Gasteiger partial charge is 0.450 e. The molecule has 0 radical (unpaired) electrons. The zero-order valence-electron chi connectivity index (χ0n) is 7.04. The number of nitrogens with zero attached hydrogens (tertiary/aromatic N) is 1. The predicted octanol–water partition coefficient (Wildman–Crippen LogP) is -2.38. The SMILES string of the molecule is Cl.N=C(N)N.NN=C(N)N.O=C(O)O. The third-order valence-electron chi connectivity index (χ3n) is 0.149. The molecule has 0 aromatic rings. The largest absolute Gasteiger partial charge is 0.503 e. The van der Waals surface area contributed by atoms with E-state index < -0.39 is 6.16 Å². The number of nitrogens with two attached hydrogens (primary N) is 5. The van der Waals surface area contributed by atoms with E-state index in [9.17, 15) is 0 Å². The first-order chi connectivity index (χ1) is 5.73. The van der Waals surface area contributed by atoms with Crippen LogP contribution in [0.15, 0.2) is 5.10 Å². The number of guanidine groups is 2. The lowest BCUT2D eigenvalue weighted by Gasteiger charge is -1.76. The van der Waals surface area contributed by atoms with Crippen LogP contribution in [0.4, 0.5) is 4.79 Å². The van der Waals surface area contributed by atoms with Crippen LogP contribution in [0.5, 0.6) is 0 Å². The Balaban J connectivity index is -0.0000000522. The van der Waals surface area contributed by atoms with Crippen molar-refractivity contribution in [1.29, 1.82) is 5.41 Å². The predicted molar refractivity (Wildman–Crippen MR) is 54.0 cm³/mol. The molecule has 13 N–H and O–H groups in total. The Morgan fingerprint density at radius 1 is 1.14 bits per heavy atom. The van der Waals surface area contributed by atoms with E-state index in [0.717, 1.165) is 0 Å². The summed E-state index contributed by atoms with van der Waals surface area (Å²) < 4.78 is 0. The standard InChI is InChI=1S/CH6N4.CH5N3.CH2O3.ClH/c2-1(3)5-4;2*2-1(3)4;/h4H2,(H4,2,3,5);(H5,2,3,4);(H2,2,3,4);1H. The van der Waals surface area contributed by atoms with E-state index >= 15 is 0 Å². The van der Waals surface area contributed by atoms with Crippen molar-refractivity contribution in [2.24, 2.45) is 33.9 Å². The first-order valence-electron chi connectivity index (χ1n) is 2.54. The topological polar surface area (TPSA) is 224 Å². The van der Waals surface area contributed by atoms with Crippen LogP contribution >= 0.6 is 12.4 Å². The van der Waals surface area contributed by atoms with E-state index in [1.165, 1.54) is 0 Å². The molecule has 0 heterocycles. The monoisotopic (exact) mass is 231 g/mol. The van der Waals surface area contributed by atoms with E-state index in [4.69, 9.17) is 31.9 Å². The third-order valence-corrected chi connectivity index (χ3v) is 0.149. The van der Waals surface area contributed by atoms with Crippen molar-refractivity contribution in [3.05, 3.63) is 0 Å².